The second-order valence-corrected chi connectivity index (χ2v) is 6.84. The standard InChI is InChI=1S/C21H19NO5/c23-13-9-10-22(19(11-13)20(24)25)21(26)27-12-18-16-7-3-1-5-14(16)15-6-2-4-8-17(15)18/h1-8,18-19H,9-12H2,(H,24,25). The van der Waals surface area contributed by atoms with Gasteiger partial charge >= 0.3 is 12.1 Å². The van der Waals surface area contributed by atoms with Gasteiger partial charge in [0.15, 0.2) is 0 Å². The number of hydrogen-bond acceptors (Lipinski definition) is 4. The number of carboxylic acid groups (broad SMARTS) is 1. The fourth-order valence-corrected chi connectivity index (χ4v) is 3.94. The van der Waals surface area contributed by atoms with Crippen molar-refractivity contribution in [1.29, 1.82) is 0 Å². The molecule has 1 aliphatic carbocycles. The highest BCUT2D eigenvalue weighted by Gasteiger charge is 2.37. The maximum atomic E-state index is 12.5. The molecule has 2 aliphatic rings. The van der Waals surface area contributed by atoms with E-state index in [1.165, 1.54) is 0 Å². The normalized spacial score (nSPS) is 18.7. The Bertz CT molecular complexity index is 877. The first-order valence-electron chi connectivity index (χ1n) is 8.92. The van der Waals surface area contributed by atoms with E-state index in [1.54, 1.807) is 0 Å². The van der Waals surface area contributed by atoms with Gasteiger partial charge in [0.2, 0.25) is 0 Å². The highest BCUT2D eigenvalue weighted by molar-refractivity contribution is 5.90. The van der Waals surface area contributed by atoms with Gasteiger partial charge in [0.1, 0.15) is 18.4 Å². The van der Waals surface area contributed by atoms with E-state index in [-0.39, 0.29) is 37.7 Å². The molecule has 1 heterocycles. The molecule has 1 N–H and O–H groups in total. The van der Waals surface area contributed by atoms with Crippen LogP contribution in [0.15, 0.2) is 48.5 Å². The van der Waals surface area contributed by atoms with E-state index in [0.29, 0.717) is 0 Å². The monoisotopic (exact) mass is 365 g/mol. The summed E-state index contributed by atoms with van der Waals surface area (Å²) in [5.74, 6) is -1.42. The van der Waals surface area contributed by atoms with Gasteiger partial charge in [0, 0.05) is 25.3 Å². The van der Waals surface area contributed by atoms with Crippen LogP contribution < -0.4 is 0 Å². The predicted molar refractivity (Wildman–Crippen MR) is 97.4 cm³/mol. The van der Waals surface area contributed by atoms with Crippen LogP contribution in [0.25, 0.3) is 11.1 Å². The lowest BCUT2D eigenvalue weighted by Gasteiger charge is -2.31. The molecule has 0 spiro atoms. The molecule has 1 atom stereocenters. The van der Waals surface area contributed by atoms with Gasteiger partial charge in [0.25, 0.3) is 0 Å². The van der Waals surface area contributed by atoms with Crippen LogP contribution in [0.2, 0.25) is 0 Å². The summed E-state index contributed by atoms with van der Waals surface area (Å²) in [5.41, 5.74) is 4.44. The molecule has 2 aromatic rings. The number of ether oxygens (including phenoxy) is 1. The number of carbonyl (C=O) groups excluding carboxylic acids is 2. The van der Waals surface area contributed by atoms with Crippen LogP contribution in [0.5, 0.6) is 0 Å². The summed E-state index contributed by atoms with van der Waals surface area (Å²) in [6, 6.07) is 14.9. The van der Waals surface area contributed by atoms with Crippen LogP contribution >= 0.6 is 0 Å². The fraction of sp³-hybridized carbons (Fsp3) is 0.286. The Hall–Kier alpha value is -3.15. The summed E-state index contributed by atoms with van der Waals surface area (Å²) in [4.78, 5) is 36.6. The van der Waals surface area contributed by atoms with E-state index in [0.717, 1.165) is 27.2 Å². The maximum Gasteiger partial charge on any atom is 0.410 e. The molecule has 1 saturated heterocycles. The van der Waals surface area contributed by atoms with E-state index in [4.69, 9.17) is 4.74 Å². The number of ketones is 1. The van der Waals surface area contributed by atoms with Crippen molar-refractivity contribution < 1.29 is 24.2 Å². The summed E-state index contributed by atoms with van der Waals surface area (Å²) >= 11 is 0. The van der Waals surface area contributed by atoms with Crippen molar-refractivity contribution >= 4 is 17.8 Å². The Balaban J connectivity index is 1.53. The van der Waals surface area contributed by atoms with Crippen LogP contribution in [0, 0.1) is 0 Å². The molecule has 2 aromatic carbocycles. The number of carbonyl (C=O) groups is 3. The van der Waals surface area contributed by atoms with Crippen molar-refractivity contribution in [2.75, 3.05) is 13.2 Å². The highest BCUT2D eigenvalue weighted by atomic mass is 16.6. The minimum atomic E-state index is -1.18. The lowest BCUT2D eigenvalue weighted by Crippen LogP contribution is -2.50. The van der Waals surface area contributed by atoms with Gasteiger partial charge in [-0.05, 0) is 22.3 Å². The van der Waals surface area contributed by atoms with Gasteiger partial charge in [-0.3, -0.25) is 9.69 Å². The molecule has 1 fully saturated rings. The molecule has 138 valence electrons. The van der Waals surface area contributed by atoms with Crippen LogP contribution in [0.1, 0.15) is 29.9 Å². The third-order valence-corrected chi connectivity index (χ3v) is 5.28. The molecule has 6 nitrogen and oxygen atoms in total. The van der Waals surface area contributed by atoms with Crippen LogP contribution in [0.3, 0.4) is 0 Å². The first-order chi connectivity index (χ1) is 13.1. The van der Waals surface area contributed by atoms with Crippen molar-refractivity contribution in [3.8, 4) is 11.1 Å². The second-order valence-electron chi connectivity index (χ2n) is 6.84. The van der Waals surface area contributed by atoms with Crippen molar-refractivity contribution in [2.45, 2.75) is 24.8 Å². The van der Waals surface area contributed by atoms with Gasteiger partial charge in [-0.2, -0.15) is 0 Å². The third-order valence-electron chi connectivity index (χ3n) is 5.28. The molecule has 6 heteroatoms. The summed E-state index contributed by atoms with van der Waals surface area (Å²) in [7, 11) is 0. The topological polar surface area (TPSA) is 83.9 Å². The molecule has 1 amide bonds. The zero-order valence-corrected chi connectivity index (χ0v) is 14.6. The number of nitrogens with zero attached hydrogens (tertiary/aromatic N) is 1. The molecular weight excluding hydrogens is 346 g/mol. The number of carboxylic acids is 1. The Kier molecular flexibility index (Phi) is 4.39. The average molecular weight is 365 g/mol. The van der Waals surface area contributed by atoms with Crippen LogP contribution in [0.4, 0.5) is 4.79 Å². The van der Waals surface area contributed by atoms with Crippen molar-refractivity contribution in [3.05, 3.63) is 59.7 Å². The van der Waals surface area contributed by atoms with Crippen LogP contribution in [-0.2, 0) is 14.3 Å². The lowest BCUT2D eigenvalue weighted by atomic mass is 9.98. The maximum absolute atomic E-state index is 12.5. The summed E-state index contributed by atoms with van der Waals surface area (Å²) < 4.78 is 5.51. The number of likely N-dealkylation sites (tertiary alicyclic amines) is 1. The summed E-state index contributed by atoms with van der Waals surface area (Å²) in [6.45, 7) is 0.204. The van der Waals surface area contributed by atoms with Crippen molar-refractivity contribution in [3.63, 3.8) is 0 Å². The van der Waals surface area contributed by atoms with Gasteiger partial charge in [-0.15, -0.1) is 0 Å². The van der Waals surface area contributed by atoms with E-state index in [1.807, 2.05) is 48.5 Å². The highest BCUT2D eigenvalue weighted by Crippen LogP contribution is 2.44. The molecule has 0 bridgehead atoms. The van der Waals surface area contributed by atoms with Gasteiger partial charge in [-0.1, -0.05) is 48.5 Å². The number of fused-ring (bicyclic) bond motifs is 3. The third kappa shape index (κ3) is 3.07. The largest absolute Gasteiger partial charge is 0.480 e. The summed E-state index contributed by atoms with van der Waals surface area (Å²) in [5, 5.41) is 9.31. The number of hydrogen-bond donors (Lipinski definition) is 1. The minimum absolute atomic E-state index is 0.0759. The van der Waals surface area contributed by atoms with E-state index >= 15 is 0 Å². The van der Waals surface area contributed by atoms with Crippen LogP contribution in [-0.4, -0.2) is 47.0 Å². The molecule has 0 saturated carbocycles. The lowest BCUT2D eigenvalue weighted by molar-refractivity contribution is -0.146. The van der Waals surface area contributed by atoms with E-state index in [9.17, 15) is 19.5 Å². The number of benzene rings is 2. The molecule has 1 aliphatic heterocycles. The first-order valence-corrected chi connectivity index (χ1v) is 8.92. The van der Waals surface area contributed by atoms with Crippen molar-refractivity contribution in [1.82, 2.24) is 4.90 Å². The molecule has 27 heavy (non-hydrogen) atoms. The van der Waals surface area contributed by atoms with Gasteiger partial charge in [-0.25, -0.2) is 9.59 Å². The Labute approximate surface area is 156 Å². The summed E-state index contributed by atoms with van der Waals surface area (Å²) in [6.07, 6.45) is -0.690. The number of aliphatic carboxylic acids is 1. The fourth-order valence-electron chi connectivity index (χ4n) is 3.94. The Morgan fingerprint density at radius 1 is 1.04 bits per heavy atom. The molecule has 4 rings (SSSR count). The smallest absolute Gasteiger partial charge is 0.410 e. The van der Waals surface area contributed by atoms with Gasteiger partial charge in [0.05, 0.1) is 0 Å². The molecular formula is C21H19NO5. The Morgan fingerprint density at radius 3 is 2.22 bits per heavy atom. The zero-order chi connectivity index (χ0) is 19.0. The minimum Gasteiger partial charge on any atom is -0.480 e. The van der Waals surface area contributed by atoms with Gasteiger partial charge < -0.3 is 9.84 Å². The molecule has 0 radical (unpaired) electrons. The number of rotatable bonds is 3. The van der Waals surface area contributed by atoms with E-state index in [2.05, 4.69) is 0 Å². The number of Topliss-reactive ketones (excluding diaryl/α,β-unsaturated/α-hetero) is 1. The number of piperidine rings is 1. The first kappa shape index (κ1) is 17.3. The number of amides is 1. The molecule has 1 unspecified atom stereocenters. The van der Waals surface area contributed by atoms with Crippen molar-refractivity contribution in [2.24, 2.45) is 0 Å². The second kappa shape index (κ2) is 6.87. The molecule has 0 aromatic heterocycles. The zero-order valence-electron chi connectivity index (χ0n) is 14.6. The predicted octanol–water partition coefficient (Wildman–Crippen LogP) is 3.05. The quantitative estimate of drug-likeness (QED) is 0.904. The Morgan fingerprint density at radius 2 is 1.63 bits per heavy atom. The van der Waals surface area contributed by atoms with E-state index < -0.39 is 18.1 Å². The SMILES string of the molecule is O=C1CCN(C(=O)OCC2c3ccccc3-c3ccccc32)C(C(=O)O)C1. The average Bonchev–Trinajstić information content (AvgIpc) is 3.00.